The van der Waals surface area contributed by atoms with Gasteiger partial charge >= 0.3 is 5.97 Å². The number of ether oxygens (including phenoxy) is 1. The van der Waals surface area contributed by atoms with Crippen molar-refractivity contribution in [3.8, 4) is 11.4 Å². The molecule has 0 saturated carbocycles. The summed E-state index contributed by atoms with van der Waals surface area (Å²) in [6.07, 6.45) is 0. The Kier molecular flexibility index (Phi) is 4.57. The lowest BCUT2D eigenvalue weighted by Crippen LogP contribution is -2.43. The molecule has 2 aromatic heterocycles. The van der Waals surface area contributed by atoms with Crippen LogP contribution in [0, 0.1) is 47.0 Å². The normalized spacial score (nSPS) is 17.8. The molecule has 178 valence electrons. The molecule has 4 heterocycles. The van der Waals surface area contributed by atoms with E-state index in [0.29, 0.717) is 12.1 Å². The number of rotatable bonds is 0. The van der Waals surface area contributed by atoms with Crippen LogP contribution in [0.1, 0.15) is 77.8 Å². The van der Waals surface area contributed by atoms with Crippen LogP contribution in [0.15, 0.2) is 4.79 Å². The third-order valence-corrected chi connectivity index (χ3v) is 9.38. The number of carbonyl (C=O) groups is 1. The molecule has 3 aromatic rings. The molecule has 0 fully saturated rings. The van der Waals surface area contributed by atoms with Crippen LogP contribution in [0.25, 0.3) is 22.3 Å². The van der Waals surface area contributed by atoms with Gasteiger partial charge < -0.3 is 9.30 Å². The molecule has 2 aliphatic rings. The first-order valence-electron chi connectivity index (χ1n) is 12.1. The predicted molar refractivity (Wildman–Crippen MR) is 136 cm³/mol. The molecule has 2 aliphatic heterocycles. The van der Waals surface area contributed by atoms with Crippen LogP contribution in [0.5, 0.6) is 0 Å². The molecule has 5 nitrogen and oxygen atoms in total. The Balaban J connectivity index is 1.92. The number of pyridine rings is 2. The SMILES string of the molecule is Cc1c(C)c(C)c2c(C)c3c(nc2c1C)-c1c(C)c2c(c(=O)n1C3)COC(=O)C(C)(C)C2(C)C. The number of fused-ring (bicyclic) bond motifs is 5. The molecule has 0 radical (unpaired) electrons. The van der Waals surface area contributed by atoms with E-state index in [1.807, 2.05) is 18.4 Å². The molecular formula is C29H34N2O3. The Morgan fingerprint density at radius 2 is 1.38 bits per heavy atom. The summed E-state index contributed by atoms with van der Waals surface area (Å²) in [6, 6.07) is 0. The zero-order chi connectivity index (χ0) is 25.1. The lowest BCUT2D eigenvalue weighted by Gasteiger charge is -2.39. The smallest absolute Gasteiger partial charge is 0.312 e. The molecule has 0 amide bonds. The highest BCUT2D eigenvalue weighted by molar-refractivity contribution is 5.94. The zero-order valence-corrected chi connectivity index (χ0v) is 22.0. The van der Waals surface area contributed by atoms with E-state index in [1.165, 1.54) is 33.2 Å². The summed E-state index contributed by atoms with van der Waals surface area (Å²) in [7, 11) is 0. The van der Waals surface area contributed by atoms with Gasteiger partial charge in [-0.2, -0.15) is 0 Å². The van der Waals surface area contributed by atoms with Gasteiger partial charge in [0, 0.05) is 16.4 Å². The summed E-state index contributed by atoms with van der Waals surface area (Å²) >= 11 is 0. The van der Waals surface area contributed by atoms with E-state index in [4.69, 9.17) is 9.72 Å². The predicted octanol–water partition coefficient (Wildman–Crippen LogP) is 5.64. The Morgan fingerprint density at radius 1 is 0.765 bits per heavy atom. The number of nitrogens with zero attached hydrogens (tertiary/aromatic N) is 2. The van der Waals surface area contributed by atoms with Gasteiger partial charge in [0.1, 0.15) is 6.61 Å². The summed E-state index contributed by atoms with van der Waals surface area (Å²) in [6.45, 7) is 21.3. The first-order chi connectivity index (χ1) is 15.7. The fourth-order valence-electron chi connectivity index (χ4n) is 6.19. The highest BCUT2D eigenvalue weighted by atomic mass is 16.5. The number of carbonyl (C=O) groups excluding carboxylic acids is 1. The fraction of sp³-hybridized carbons (Fsp3) is 0.483. The summed E-state index contributed by atoms with van der Waals surface area (Å²) in [5.74, 6) is -0.269. The van der Waals surface area contributed by atoms with E-state index < -0.39 is 10.8 Å². The maximum Gasteiger partial charge on any atom is 0.312 e. The van der Waals surface area contributed by atoms with Crippen LogP contribution in [0.3, 0.4) is 0 Å². The average Bonchev–Trinajstić information content (AvgIpc) is 3.14. The number of cyclic esters (lactones) is 1. The largest absolute Gasteiger partial charge is 0.460 e. The zero-order valence-electron chi connectivity index (χ0n) is 22.0. The van der Waals surface area contributed by atoms with Crippen molar-refractivity contribution in [3.05, 3.63) is 60.4 Å². The molecule has 1 aromatic carbocycles. The first-order valence-corrected chi connectivity index (χ1v) is 12.1. The Morgan fingerprint density at radius 3 is 2.03 bits per heavy atom. The van der Waals surface area contributed by atoms with Crippen molar-refractivity contribution >= 4 is 16.9 Å². The van der Waals surface area contributed by atoms with Crippen LogP contribution in [0.2, 0.25) is 0 Å². The second-order valence-electron chi connectivity index (χ2n) is 11.3. The van der Waals surface area contributed by atoms with Crippen LogP contribution in [0.4, 0.5) is 0 Å². The fourth-order valence-corrected chi connectivity index (χ4v) is 6.19. The summed E-state index contributed by atoms with van der Waals surface area (Å²) < 4.78 is 7.48. The van der Waals surface area contributed by atoms with Crippen LogP contribution in [-0.4, -0.2) is 15.5 Å². The summed E-state index contributed by atoms with van der Waals surface area (Å²) in [5, 5.41) is 1.20. The van der Waals surface area contributed by atoms with E-state index in [0.717, 1.165) is 33.6 Å². The van der Waals surface area contributed by atoms with Gasteiger partial charge in [0.25, 0.3) is 5.56 Å². The third kappa shape index (κ3) is 2.53. The Labute approximate surface area is 201 Å². The minimum Gasteiger partial charge on any atom is -0.460 e. The van der Waals surface area contributed by atoms with E-state index in [1.54, 1.807) is 0 Å². The highest BCUT2D eigenvalue weighted by Crippen LogP contribution is 2.49. The quantitative estimate of drug-likeness (QED) is 0.320. The topological polar surface area (TPSA) is 61.2 Å². The highest BCUT2D eigenvalue weighted by Gasteiger charge is 2.50. The Hall–Kier alpha value is -2.95. The minimum absolute atomic E-state index is 0.0162. The molecule has 34 heavy (non-hydrogen) atoms. The molecule has 0 aliphatic carbocycles. The maximum absolute atomic E-state index is 13.9. The van der Waals surface area contributed by atoms with Gasteiger partial charge in [-0.1, -0.05) is 13.8 Å². The lowest BCUT2D eigenvalue weighted by molar-refractivity contribution is -0.157. The van der Waals surface area contributed by atoms with Gasteiger partial charge in [0.15, 0.2) is 0 Å². The van der Waals surface area contributed by atoms with Gasteiger partial charge in [-0.25, -0.2) is 4.98 Å². The van der Waals surface area contributed by atoms with Crippen molar-refractivity contribution < 1.29 is 9.53 Å². The number of benzene rings is 1. The molecular weight excluding hydrogens is 424 g/mol. The van der Waals surface area contributed by atoms with Gasteiger partial charge in [-0.3, -0.25) is 9.59 Å². The number of aromatic nitrogens is 2. The molecule has 0 saturated heterocycles. The standard InChI is InChI=1S/C29H34N2O3/c1-13-14(2)16(4)23-21(15(13)3)17(5)19-11-31-25(24(19)30-23)18(6)22-20(26(31)32)12-34-27(33)29(9,10)28(22,7)8/h11-12H2,1-10H3. The van der Waals surface area contributed by atoms with Crippen molar-refractivity contribution in [2.75, 3.05) is 0 Å². The first kappa shape index (κ1) is 22.8. The van der Waals surface area contributed by atoms with Crippen molar-refractivity contribution in [3.63, 3.8) is 0 Å². The van der Waals surface area contributed by atoms with Crippen molar-refractivity contribution in [2.24, 2.45) is 5.41 Å². The third-order valence-electron chi connectivity index (χ3n) is 9.38. The molecule has 0 unspecified atom stereocenters. The number of hydrogen-bond donors (Lipinski definition) is 0. The summed E-state index contributed by atoms with van der Waals surface area (Å²) in [4.78, 5) is 32.0. The molecule has 0 bridgehead atoms. The van der Waals surface area contributed by atoms with E-state index in [-0.39, 0.29) is 18.1 Å². The van der Waals surface area contributed by atoms with Gasteiger partial charge in [-0.05, 0) is 94.3 Å². The van der Waals surface area contributed by atoms with E-state index in [2.05, 4.69) is 55.4 Å². The number of hydrogen-bond acceptors (Lipinski definition) is 4. The maximum atomic E-state index is 13.9. The van der Waals surface area contributed by atoms with Crippen molar-refractivity contribution in [2.45, 2.75) is 87.8 Å². The van der Waals surface area contributed by atoms with Crippen molar-refractivity contribution in [1.82, 2.24) is 9.55 Å². The van der Waals surface area contributed by atoms with Crippen LogP contribution < -0.4 is 5.56 Å². The van der Waals surface area contributed by atoms with Gasteiger partial charge in [0.2, 0.25) is 0 Å². The molecule has 5 heteroatoms. The van der Waals surface area contributed by atoms with E-state index >= 15 is 0 Å². The second-order valence-corrected chi connectivity index (χ2v) is 11.3. The monoisotopic (exact) mass is 458 g/mol. The number of esters is 1. The number of aryl methyl sites for hydroxylation is 3. The van der Waals surface area contributed by atoms with Gasteiger partial charge in [0.05, 0.1) is 34.4 Å². The Bertz CT molecular complexity index is 1520. The molecule has 5 rings (SSSR count). The van der Waals surface area contributed by atoms with Crippen LogP contribution >= 0.6 is 0 Å². The van der Waals surface area contributed by atoms with E-state index in [9.17, 15) is 9.59 Å². The minimum atomic E-state index is -0.773. The second kappa shape index (κ2) is 6.80. The average molecular weight is 459 g/mol. The molecule has 0 N–H and O–H groups in total. The van der Waals surface area contributed by atoms with Crippen molar-refractivity contribution in [1.29, 1.82) is 0 Å². The molecule has 0 spiro atoms. The van der Waals surface area contributed by atoms with Crippen LogP contribution in [-0.2, 0) is 28.1 Å². The lowest BCUT2D eigenvalue weighted by atomic mass is 9.62. The van der Waals surface area contributed by atoms with Gasteiger partial charge in [-0.15, -0.1) is 0 Å². The summed E-state index contributed by atoms with van der Waals surface area (Å²) in [5.41, 5.74) is 11.3. The molecule has 0 atom stereocenters.